The molecule has 4 amide bonds. The Labute approximate surface area is 204 Å². The summed E-state index contributed by atoms with van der Waals surface area (Å²) in [7, 11) is 1.52. The van der Waals surface area contributed by atoms with E-state index in [1.807, 2.05) is 57.2 Å². The smallest absolute Gasteiger partial charge is 0.335 e. The summed E-state index contributed by atoms with van der Waals surface area (Å²) in [5, 5.41) is 2.26. The van der Waals surface area contributed by atoms with Gasteiger partial charge in [0.15, 0.2) is 11.5 Å². The molecule has 178 valence electrons. The molecule has 3 aromatic rings. The molecule has 4 rings (SSSR count). The third-order valence-electron chi connectivity index (χ3n) is 5.67. The van der Waals surface area contributed by atoms with Crippen molar-refractivity contribution in [2.75, 3.05) is 12.0 Å². The van der Waals surface area contributed by atoms with Crippen LogP contribution in [0.4, 0.5) is 10.5 Å². The fraction of sp³-hybridized carbons (Fsp3) is 0.179. The van der Waals surface area contributed by atoms with Crippen LogP contribution in [0.15, 0.2) is 66.2 Å². The first-order valence-electron chi connectivity index (χ1n) is 11.1. The number of nitrogens with one attached hydrogen (secondary N) is 1. The number of carbonyl (C=O) groups excluding carboxylic acids is 3. The van der Waals surface area contributed by atoms with Crippen LogP contribution in [-0.2, 0) is 16.2 Å². The first-order chi connectivity index (χ1) is 16.8. The largest absolute Gasteiger partial charge is 0.493 e. The zero-order valence-electron chi connectivity index (χ0n) is 20.0. The molecule has 0 saturated carbocycles. The van der Waals surface area contributed by atoms with Gasteiger partial charge in [-0.3, -0.25) is 14.9 Å². The normalized spacial score (nSPS) is 14.8. The van der Waals surface area contributed by atoms with Crippen molar-refractivity contribution in [3.8, 4) is 11.5 Å². The fourth-order valence-electron chi connectivity index (χ4n) is 3.96. The summed E-state index contributed by atoms with van der Waals surface area (Å²) in [5.41, 5.74) is 4.74. The number of urea groups is 1. The van der Waals surface area contributed by atoms with E-state index in [0.717, 1.165) is 27.2 Å². The molecule has 0 bridgehead atoms. The summed E-state index contributed by atoms with van der Waals surface area (Å²) >= 11 is 0. The number of benzene rings is 3. The number of anilines is 1. The molecule has 0 aromatic heterocycles. The van der Waals surface area contributed by atoms with E-state index in [0.29, 0.717) is 29.4 Å². The number of rotatable bonds is 6. The number of hydrogen-bond acceptors (Lipinski definition) is 5. The molecule has 0 atom stereocenters. The maximum Gasteiger partial charge on any atom is 0.335 e. The lowest BCUT2D eigenvalue weighted by Crippen LogP contribution is -2.54. The molecule has 1 saturated heterocycles. The van der Waals surface area contributed by atoms with Crippen molar-refractivity contribution in [3.63, 3.8) is 0 Å². The SMILES string of the molecule is COc1cc(/C=C2\C(=O)NC(=O)N(c3ccc(C)cc3C)C2=O)ccc1OCc1cccc(C)c1. The van der Waals surface area contributed by atoms with Gasteiger partial charge in [-0.2, -0.15) is 0 Å². The van der Waals surface area contributed by atoms with Gasteiger partial charge in [0.2, 0.25) is 0 Å². The average molecular weight is 471 g/mol. The Kier molecular flexibility index (Phi) is 6.68. The number of methoxy groups -OCH3 is 1. The molecule has 1 aliphatic heterocycles. The predicted molar refractivity (Wildman–Crippen MR) is 133 cm³/mol. The maximum atomic E-state index is 13.2. The number of carbonyl (C=O) groups is 3. The van der Waals surface area contributed by atoms with Gasteiger partial charge in [-0.25, -0.2) is 9.69 Å². The molecule has 7 nitrogen and oxygen atoms in total. The van der Waals surface area contributed by atoms with Crippen LogP contribution in [0.5, 0.6) is 11.5 Å². The number of amides is 4. The van der Waals surface area contributed by atoms with Crippen LogP contribution in [0.2, 0.25) is 0 Å². The monoisotopic (exact) mass is 470 g/mol. The Hall–Kier alpha value is -4.39. The molecule has 7 heteroatoms. The second-order valence-electron chi connectivity index (χ2n) is 8.44. The Morgan fingerprint density at radius 3 is 2.37 bits per heavy atom. The van der Waals surface area contributed by atoms with E-state index in [1.165, 1.54) is 13.2 Å². The number of nitrogens with zero attached hydrogens (tertiary/aromatic N) is 1. The Morgan fingerprint density at radius 1 is 0.886 bits per heavy atom. The van der Waals surface area contributed by atoms with Crippen LogP contribution in [0.3, 0.4) is 0 Å². The molecule has 1 fully saturated rings. The molecule has 0 spiro atoms. The fourth-order valence-corrected chi connectivity index (χ4v) is 3.96. The van der Waals surface area contributed by atoms with E-state index in [9.17, 15) is 14.4 Å². The molecule has 0 unspecified atom stereocenters. The highest BCUT2D eigenvalue weighted by atomic mass is 16.5. The van der Waals surface area contributed by atoms with Gasteiger partial charge < -0.3 is 9.47 Å². The van der Waals surface area contributed by atoms with Crippen LogP contribution >= 0.6 is 0 Å². The van der Waals surface area contributed by atoms with Gasteiger partial charge in [0.25, 0.3) is 11.8 Å². The van der Waals surface area contributed by atoms with E-state index < -0.39 is 17.8 Å². The van der Waals surface area contributed by atoms with Crippen molar-refractivity contribution in [1.29, 1.82) is 0 Å². The summed E-state index contributed by atoms with van der Waals surface area (Å²) in [6.07, 6.45) is 1.44. The summed E-state index contributed by atoms with van der Waals surface area (Å²) < 4.78 is 11.4. The second-order valence-corrected chi connectivity index (χ2v) is 8.44. The molecule has 1 N–H and O–H groups in total. The van der Waals surface area contributed by atoms with Crippen molar-refractivity contribution in [3.05, 3.63) is 94.1 Å². The van der Waals surface area contributed by atoms with Crippen molar-refractivity contribution >= 4 is 29.6 Å². The first-order valence-corrected chi connectivity index (χ1v) is 11.1. The summed E-state index contributed by atoms with van der Waals surface area (Å²) in [6, 6.07) is 17.7. The third-order valence-corrected chi connectivity index (χ3v) is 5.67. The topological polar surface area (TPSA) is 84.9 Å². The standard InChI is InChI=1S/C28H26N2O5/c1-17-6-5-7-21(13-17)16-35-24-11-9-20(15-25(24)34-4)14-22-26(31)29-28(33)30(27(22)32)23-10-8-18(2)12-19(23)3/h5-15H,16H2,1-4H3,(H,29,31,33)/b22-14+. The van der Waals surface area contributed by atoms with Crippen LogP contribution < -0.4 is 19.7 Å². The van der Waals surface area contributed by atoms with E-state index in [4.69, 9.17) is 9.47 Å². The van der Waals surface area contributed by atoms with Crippen molar-refractivity contribution in [1.82, 2.24) is 5.32 Å². The molecule has 0 aliphatic carbocycles. The van der Waals surface area contributed by atoms with Gasteiger partial charge in [0.05, 0.1) is 12.8 Å². The van der Waals surface area contributed by atoms with E-state index in [1.54, 1.807) is 24.3 Å². The van der Waals surface area contributed by atoms with Gasteiger partial charge in [0.1, 0.15) is 12.2 Å². The molecule has 0 radical (unpaired) electrons. The predicted octanol–water partition coefficient (Wildman–Crippen LogP) is 4.87. The quantitative estimate of drug-likeness (QED) is 0.411. The Balaban J connectivity index is 1.61. The zero-order chi connectivity index (χ0) is 25.1. The number of imide groups is 2. The van der Waals surface area contributed by atoms with E-state index in [2.05, 4.69) is 5.32 Å². The van der Waals surface area contributed by atoms with Crippen LogP contribution in [0.25, 0.3) is 6.08 Å². The molecule has 1 aliphatic rings. The number of aryl methyl sites for hydroxylation is 3. The first kappa shape index (κ1) is 23.8. The highest BCUT2D eigenvalue weighted by Crippen LogP contribution is 2.31. The third kappa shape index (κ3) is 5.09. The number of barbiturate groups is 1. The van der Waals surface area contributed by atoms with Crippen molar-refractivity contribution in [2.24, 2.45) is 0 Å². The highest BCUT2D eigenvalue weighted by molar-refractivity contribution is 6.39. The molecule has 3 aromatic carbocycles. The summed E-state index contributed by atoms with van der Waals surface area (Å²) in [5.74, 6) is -0.454. The molecular weight excluding hydrogens is 444 g/mol. The molecule has 1 heterocycles. The van der Waals surface area contributed by atoms with Gasteiger partial charge >= 0.3 is 6.03 Å². The minimum Gasteiger partial charge on any atom is -0.493 e. The minimum atomic E-state index is -0.776. The van der Waals surface area contributed by atoms with Gasteiger partial charge in [-0.1, -0.05) is 53.6 Å². The van der Waals surface area contributed by atoms with Crippen LogP contribution in [0, 0.1) is 20.8 Å². The highest BCUT2D eigenvalue weighted by Gasteiger charge is 2.37. The average Bonchev–Trinajstić information content (AvgIpc) is 2.82. The lowest BCUT2D eigenvalue weighted by atomic mass is 10.0. The molecular formula is C28H26N2O5. The van der Waals surface area contributed by atoms with E-state index >= 15 is 0 Å². The van der Waals surface area contributed by atoms with Gasteiger partial charge in [-0.05, 0) is 61.7 Å². The van der Waals surface area contributed by atoms with Gasteiger partial charge in [0, 0.05) is 0 Å². The Morgan fingerprint density at radius 2 is 1.66 bits per heavy atom. The van der Waals surface area contributed by atoms with Gasteiger partial charge in [-0.15, -0.1) is 0 Å². The number of hydrogen-bond donors (Lipinski definition) is 1. The van der Waals surface area contributed by atoms with Crippen molar-refractivity contribution in [2.45, 2.75) is 27.4 Å². The molecule has 35 heavy (non-hydrogen) atoms. The van der Waals surface area contributed by atoms with Crippen molar-refractivity contribution < 1.29 is 23.9 Å². The summed E-state index contributed by atoms with van der Waals surface area (Å²) in [4.78, 5) is 39.3. The lowest BCUT2D eigenvalue weighted by molar-refractivity contribution is -0.122. The summed E-state index contributed by atoms with van der Waals surface area (Å²) in [6.45, 7) is 6.12. The zero-order valence-corrected chi connectivity index (χ0v) is 20.0. The van der Waals surface area contributed by atoms with E-state index in [-0.39, 0.29) is 5.57 Å². The second kappa shape index (κ2) is 9.85. The number of ether oxygens (including phenoxy) is 2. The Bertz CT molecular complexity index is 1360. The van der Waals surface area contributed by atoms with Crippen LogP contribution in [-0.4, -0.2) is 25.0 Å². The van der Waals surface area contributed by atoms with Crippen LogP contribution in [0.1, 0.15) is 27.8 Å². The lowest BCUT2D eigenvalue weighted by Gasteiger charge is -2.27. The minimum absolute atomic E-state index is 0.153. The maximum absolute atomic E-state index is 13.2.